The number of hydrogen-bond donors (Lipinski definition) is 1. The van der Waals surface area contributed by atoms with Crippen LogP contribution in [-0.2, 0) is 14.3 Å². The SMILES string of the molecule is CCOC(=O)c1ccc(NC(=O)CN2C(=O)C(C)Oc3ccc(C)cc32)cc1. The fourth-order valence-electron chi connectivity index (χ4n) is 2.93. The monoisotopic (exact) mass is 382 g/mol. The maximum absolute atomic E-state index is 12.5. The molecule has 1 atom stereocenters. The van der Waals surface area contributed by atoms with Crippen molar-refractivity contribution >= 4 is 29.2 Å². The van der Waals surface area contributed by atoms with Crippen LogP contribution in [0, 0.1) is 6.92 Å². The Morgan fingerprint density at radius 1 is 1.18 bits per heavy atom. The van der Waals surface area contributed by atoms with E-state index in [-0.39, 0.29) is 18.4 Å². The van der Waals surface area contributed by atoms with Crippen molar-refractivity contribution in [2.45, 2.75) is 26.9 Å². The molecular weight excluding hydrogens is 360 g/mol. The minimum Gasteiger partial charge on any atom is -0.479 e. The lowest BCUT2D eigenvalue weighted by Gasteiger charge is -2.32. The molecule has 0 saturated carbocycles. The molecule has 1 N–H and O–H groups in total. The Balaban J connectivity index is 1.72. The largest absolute Gasteiger partial charge is 0.479 e. The topological polar surface area (TPSA) is 84.9 Å². The number of esters is 1. The number of benzene rings is 2. The molecule has 0 radical (unpaired) electrons. The molecular formula is C21H22N2O5. The summed E-state index contributed by atoms with van der Waals surface area (Å²) in [5.74, 6) is -0.464. The van der Waals surface area contributed by atoms with E-state index in [2.05, 4.69) is 5.32 Å². The smallest absolute Gasteiger partial charge is 0.338 e. The Hall–Kier alpha value is -3.35. The summed E-state index contributed by atoms with van der Waals surface area (Å²) >= 11 is 0. The molecule has 0 saturated heterocycles. The molecule has 2 amide bonds. The van der Waals surface area contributed by atoms with Crippen LogP contribution in [0.25, 0.3) is 0 Å². The van der Waals surface area contributed by atoms with Gasteiger partial charge in [-0.2, -0.15) is 0 Å². The summed E-state index contributed by atoms with van der Waals surface area (Å²) in [7, 11) is 0. The zero-order valence-electron chi connectivity index (χ0n) is 16.0. The Bertz CT molecular complexity index is 908. The van der Waals surface area contributed by atoms with Crippen molar-refractivity contribution in [1.29, 1.82) is 0 Å². The summed E-state index contributed by atoms with van der Waals surface area (Å²) in [6, 6.07) is 11.9. The highest BCUT2D eigenvalue weighted by atomic mass is 16.5. The van der Waals surface area contributed by atoms with Gasteiger partial charge < -0.3 is 14.8 Å². The van der Waals surface area contributed by atoms with Gasteiger partial charge in [-0.1, -0.05) is 6.07 Å². The van der Waals surface area contributed by atoms with Gasteiger partial charge in [-0.05, 0) is 62.7 Å². The number of fused-ring (bicyclic) bond motifs is 1. The van der Waals surface area contributed by atoms with E-state index in [9.17, 15) is 14.4 Å². The van der Waals surface area contributed by atoms with Gasteiger partial charge >= 0.3 is 5.97 Å². The maximum Gasteiger partial charge on any atom is 0.338 e. The number of carbonyl (C=O) groups is 3. The highest BCUT2D eigenvalue weighted by molar-refractivity contribution is 6.06. The Morgan fingerprint density at radius 2 is 1.89 bits per heavy atom. The highest BCUT2D eigenvalue weighted by Gasteiger charge is 2.32. The minimum atomic E-state index is -0.660. The normalized spacial score (nSPS) is 15.5. The van der Waals surface area contributed by atoms with Crippen LogP contribution in [0.2, 0.25) is 0 Å². The third-order valence-corrected chi connectivity index (χ3v) is 4.30. The van der Waals surface area contributed by atoms with Crippen LogP contribution in [0.5, 0.6) is 5.75 Å². The predicted octanol–water partition coefficient (Wildman–Crippen LogP) is 2.92. The summed E-state index contributed by atoms with van der Waals surface area (Å²) in [6.07, 6.45) is -0.660. The van der Waals surface area contributed by atoms with E-state index in [4.69, 9.17) is 9.47 Å². The maximum atomic E-state index is 12.5. The number of nitrogens with zero attached hydrogens (tertiary/aromatic N) is 1. The van der Waals surface area contributed by atoms with Crippen LogP contribution in [0.3, 0.4) is 0 Å². The van der Waals surface area contributed by atoms with Crippen LogP contribution in [0.15, 0.2) is 42.5 Å². The molecule has 2 aromatic carbocycles. The summed E-state index contributed by atoms with van der Waals surface area (Å²) in [5, 5.41) is 2.74. The van der Waals surface area contributed by atoms with E-state index in [0.717, 1.165) is 5.56 Å². The van der Waals surface area contributed by atoms with Crippen molar-refractivity contribution in [3.63, 3.8) is 0 Å². The molecule has 1 aliphatic rings. The Labute approximate surface area is 163 Å². The fourth-order valence-corrected chi connectivity index (χ4v) is 2.93. The van der Waals surface area contributed by atoms with Crippen molar-refractivity contribution in [3.05, 3.63) is 53.6 Å². The van der Waals surface area contributed by atoms with Crippen molar-refractivity contribution < 1.29 is 23.9 Å². The molecule has 2 aromatic rings. The zero-order chi connectivity index (χ0) is 20.3. The number of aryl methyl sites for hydroxylation is 1. The second kappa shape index (κ2) is 8.12. The number of nitrogens with one attached hydrogen (secondary N) is 1. The quantitative estimate of drug-likeness (QED) is 0.804. The molecule has 7 nitrogen and oxygen atoms in total. The second-order valence-electron chi connectivity index (χ2n) is 6.50. The molecule has 146 valence electrons. The lowest BCUT2D eigenvalue weighted by molar-refractivity contribution is -0.127. The van der Waals surface area contributed by atoms with E-state index in [1.807, 2.05) is 19.1 Å². The minimum absolute atomic E-state index is 0.136. The van der Waals surface area contributed by atoms with Gasteiger partial charge in [0, 0.05) is 5.69 Å². The van der Waals surface area contributed by atoms with Crippen molar-refractivity contribution in [1.82, 2.24) is 0 Å². The number of hydrogen-bond acceptors (Lipinski definition) is 5. The van der Waals surface area contributed by atoms with Gasteiger partial charge in [0.1, 0.15) is 12.3 Å². The van der Waals surface area contributed by atoms with Crippen molar-refractivity contribution in [2.24, 2.45) is 0 Å². The van der Waals surface area contributed by atoms with Gasteiger partial charge in [-0.3, -0.25) is 14.5 Å². The van der Waals surface area contributed by atoms with Gasteiger partial charge in [0.15, 0.2) is 6.10 Å². The van der Waals surface area contributed by atoms with Crippen LogP contribution in [0.1, 0.15) is 29.8 Å². The van der Waals surface area contributed by atoms with Crippen molar-refractivity contribution in [3.8, 4) is 5.75 Å². The first kappa shape index (κ1) is 19.4. The third-order valence-electron chi connectivity index (χ3n) is 4.30. The molecule has 1 aliphatic heterocycles. The Kier molecular flexibility index (Phi) is 5.63. The summed E-state index contributed by atoms with van der Waals surface area (Å²) in [6.45, 7) is 5.46. The number of anilines is 2. The van der Waals surface area contributed by atoms with Gasteiger partial charge in [0.2, 0.25) is 5.91 Å². The lowest BCUT2D eigenvalue weighted by atomic mass is 10.1. The summed E-state index contributed by atoms with van der Waals surface area (Å²) in [5.41, 5.74) is 2.47. The standard InChI is InChI=1S/C21H22N2O5/c1-4-27-21(26)15-6-8-16(9-7-15)22-19(24)12-23-17-11-13(2)5-10-18(17)28-14(3)20(23)25/h5-11,14H,4,12H2,1-3H3,(H,22,24). The summed E-state index contributed by atoms with van der Waals surface area (Å²) in [4.78, 5) is 38.2. The molecule has 0 aromatic heterocycles. The van der Waals surface area contributed by atoms with Gasteiger partial charge in [-0.15, -0.1) is 0 Å². The van der Waals surface area contributed by atoms with Gasteiger partial charge in [-0.25, -0.2) is 4.79 Å². The van der Waals surface area contributed by atoms with Crippen LogP contribution >= 0.6 is 0 Å². The first-order valence-electron chi connectivity index (χ1n) is 9.04. The van der Waals surface area contributed by atoms with E-state index >= 15 is 0 Å². The fraction of sp³-hybridized carbons (Fsp3) is 0.286. The molecule has 0 aliphatic carbocycles. The zero-order valence-corrected chi connectivity index (χ0v) is 16.0. The van der Waals surface area contributed by atoms with Crippen LogP contribution in [-0.4, -0.2) is 37.0 Å². The number of ether oxygens (including phenoxy) is 2. The predicted molar refractivity (Wildman–Crippen MR) is 105 cm³/mol. The number of amides is 2. The van der Waals surface area contributed by atoms with E-state index < -0.39 is 12.1 Å². The molecule has 1 heterocycles. The first-order chi connectivity index (χ1) is 13.4. The van der Waals surface area contributed by atoms with Crippen LogP contribution in [0.4, 0.5) is 11.4 Å². The third kappa shape index (κ3) is 4.14. The molecule has 7 heteroatoms. The highest BCUT2D eigenvalue weighted by Crippen LogP contribution is 2.34. The lowest BCUT2D eigenvalue weighted by Crippen LogP contribution is -2.47. The molecule has 0 fully saturated rings. The molecule has 0 bridgehead atoms. The van der Waals surface area contributed by atoms with Crippen LogP contribution < -0.4 is 15.0 Å². The van der Waals surface area contributed by atoms with E-state index in [1.165, 1.54) is 4.90 Å². The molecule has 0 spiro atoms. The molecule has 3 rings (SSSR count). The average molecular weight is 382 g/mol. The Morgan fingerprint density at radius 3 is 2.57 bits per heavy atom. The first-order valence-corrected chi connectivity index (χ1v) is 9.04. The number of rotatable bonds is 5. The van der Waals surface area contributed by atoms with Gasteiger partial charge in [0.25, 0.3) is 5.91 Å². The van der Waals surface area contributed by atoms with E-state index in [1.54, 1.807) is 44.2 Å². The number of carbonyl (C=O) groups excluding carboxylic acids is 3. The van der Waals surface area contributed by atoms with Crippen molar-refractivity contribution in [2.75, 3.05) is 23.4 Å². The average Bonchev–Trinajstić information content (AvgIpc) is 2.67. The second-order valence-corrected chi connectivity index (χ2v) is 6.50. The van der Waals surface area contributed by atoms with Gasteiger partial charge in [0.05, 0.1) is 17.9 Å². The van der Waals surface area contributed by atoms with E-state index in [0.29, 0.717) is 29.3 Å². The summed E-state index contributed by atoms with van der Waals surface area (Å²) < 4.78 is 10.5. The molecule has 1 unspecified atom stereocenters. The molecule has 28 heavy (non-hydrogen) atoms.